The molecule has 0 unspecified atom stereocenters. The first-order valence-electron chi connectivity index (χ1n) is 6.94. The molecular weight excluding hydrogens is 330 g/mol. The third kappa shape index (κ3) is 2.20. The highest BCUT2D eigenvalue weighted by Gasteiger charge is 2.39. The van der Waals surface area contributed by atoms with Crippen LogP contribution in [0.2, 0.25) is 0 Å². The summed E-state index contributed by atoms with van der Waals surface area (Å²) in [6.45, 7) is 0. The number of nitrogens with zero attached hydrogens (tertiary/aromatic N) is 2. The van der Waals surface area contributed by atoms with Crippen LogP contribution in [0.4, 0.5) is 0 Å². The van der Waals surface area contributed by atoms with Gasteiger partial charge in [-0.3, -0.25) is 14.7 Å². The van der Waals surface area contributed by atoms with Crippen LogP contribution >= 0.6 is 11.3 Å². The number of hydrogen-bond acceptors (Lipinski definition) is 6. The van der Waals surface area contributed by atoms with E-state index >= 15 is 0 Å². The average Bonchev–Trinajstić information content (AvgIpc) is 3.32. The maximum atomic E-state index is 12.2. The second kappa shape index (κ2) is 5.43. The van der Waals surface area contributed by atoms with Gasteiger partial charge in [0.05, 0.1) is 21.7 Å². The van der Waals surface area contributed by atoms with Crippen molar-refractivity contribution in [3.63, 3.8) is 0 Å². The van der Waals surface area contributed by atoms with Crippen LogP contribution < -0.4 is 0 Å². The predicted octanol–water partition coefficient (Wildman–Crippen LogP) is 2.51. The number of imide groups is 1. The molecule has 0 bridgehead atoms. The minimum atomic E-state index is -0.886. The summed E-state index contributed by atoms with van der Waals surface area (Å²) < 4.78 is 0. The van der Waals surface area contributed by atoms with Crippen LogP contribution in [0, 0.1) is 0 Å². The fourth-order valence-electron chi connectivity index (χ4n) is 2.36. The van der Waals surface area contributed by atoms with Gasteiger partial charge in [-0.15, -0.1) is 11.3 Å². The highest BCUT2D eigenvalue weighted by molar-refractivity contribution is 7.13. The van der Waals surface area contributed by atoms with Crippen molar-refractivity contribution in [2.75, 3.05) is 0 Å². The van der Waals surface area contributed by atoms with Crippen molar-refractivity contribution in [3.05, 3.63) is 64.7 Å². The lowest BCUT2D eigenvalue weighted by molar-refractivity contribution is -0.0588. The smallest absolute Gasteiger partial charge is 0.322 e. The molecule has 2 amide bonds. The van der Waals surface area contributed by atoms with Crippen LogP contribution in [0.1, 0.15) is 31.2 Å². The molecule has 0 atom stereocenters. The van der Waals surface area contributed by atoms with Crippen molar-refractivity contribution in [1.82, 2.24) is 15.3 Å². The zero-order chi connectivity index (χ0) is 16.7. The number of H-pyrrole nitrogens is 1. The molecule has 0 fully saturated rings. The number of hydroxylamine groups is 2. The molecule has 8 heteroatoms. The Kier molecular flexibility index (Phi) is 3.24. The van der Waals surface area contributed by atoms with Crippen LogP contribution in [0.15, 0.2) is 47.8 Å². The van der Waals surface area contributed by atoms with Crippen molar-refractivity contribution in [1.29, 1.82) is 0 Å². The summed E-state index contributed by atoms with van der Waals surface area (Å²) in [7, 11) is 0. The number of aromatic nitrogens is 2. The minimum Gasteiger partial charge on any atom is -0.322 e. The molecule has 2 aromatic heterocycles. The van der Waals surface area contributed by atoms with E-state index in [9.17, 15) is 14.4 Å². The zero-order valence-electron chi connectivity index (χ0n) is 12.1. The van der Waals surface area contributed by atoms with Gasteiger partial charge in [-0.05, 0) is 29.6 Å². The number of amides is 2. The first kappa shape index (κ1) is 14.3. The molecule has 0 spiro atoms. The second-order valence-corrected chi connectivity index (χ2v) is 5.92. The molecule has 0 aliphatic carbocycles. The molecule has 1 aromatic carbocycles. The molecule has 3 heterocycles. The van der Waals surface area contributed by atoms with Gasteiger partial charge in [0.1, 0.15) is 0 Å². The number of carbonyl (C=O) groups excluding carboxylic acids is 3. The molecule has 1 N–H and O–H groups in total. The molecule has 1 aliphatic rings. The van der Waals surface area contributed by atoms with Crippen LogP contribution in [0.25, 0.3) is 10.6 Å². The molecule has 7 nitrogen and oxygen atoms in total. The van der Waals surface area contributed by atoms with Gasteiger partial charge >= 0.3 is 5.97 Å². The van der Waals surface area contributed by atoms with E-state index in [0.29, 0.717) is 10.8 Å². The number of thiophene rings is 1. The number of rotatable bonds is 3. The van der Waals surface area contributed by atoms with Crippen molar-refractivity contribution < 1.29 is 19.2 Å². The summed E-state index contributed by atoms with van der Waals surface area (Å²) >= 11 is 1.48. The fourth-order valence-corrected chi connectivity index (χ4v) is 3.06. The van der Waals surface area contributed by atoms with Crippen molar-refractivity contribution in [2.24, 2.45) is 0 Å². The molecule has 0 radical (unpaired) electrons. The van der Waals surface area contributed by atoms with Crippen LogP contribution in [-0.2, 0) is 4.84 Å². The first-order chi connectivity index (χ1) is 11.6. The molecule has 3 aromatic rings. The second-order valence-electron chi connectivity index (χ2n) is 4.97. The summed E-state index contributed by atoms with van der Waals surface area (Å²) in [6.07, 6.45) is 0. The number of hydrogen-bond donors (Lipinski definition) is 1. The predicted molar refractivity (Wildman–Crippen MR) is 84.3 cm³/mol. The number of aromatic amines is 1. The Morgan fingerprint density at radius 1 is 1.08 bits per heavy atom. The molecular formula is C16H9N3O4S. The van der Waals surface area contributed by atoms with Gasteiger partial charge in [0.25, 0.3) is 11.8 Å². The molecule has 24 heavy (non-hydrogen) atoms. The van der Waals surface area contributed by atoms with Crippen LogP contribution in [0.3, 0.4) is 0 Å². The Bertz CT molecular complexity index is 926. The quantitative estimate of drug-likeness (QED) is 0.740. The van der Waals surface area contributed by atoms with E-state index in [1.54, 1.807) is 12.1 Å². The number of benzene rings is 1. The molecule has 4 rings (SSSR count). The first-order valence-corrected chi connectivity index (χ1v) is 7.82. The van der Waals surface area contributed by atoms with Gasteiger partial charge in [-0.25, -0.2) is 4.79 Å². The van der Waals surface area contributed by atoms with E-state index in [1.165, 1.54) is 29.5 Å². The topological polar surface area (TPSA) is 92.4 Å². The van der Waals surface area contributed by atoms with Gasteiger partial charge < -0.3 is 4.84 Å². The van der Waals surface area contributed by atoms with E-state index in [2.05, 4.69) is 10.2 Å². The van der Waals surface area contributed by atoms with E-state index in [0.717, 1.165) is 4.88 Å². The van der Waals surface area contributed by atoms with Gasteiger partial charge in [-0.2, -0.15) is 5.10 Å². The zero-order valence-corrected chi connectivity index (χ0v) is 12.9. The summed E-state index contributed by atoms with van der Waals surface area (Å²) in [5.74, 6) is -2.22. The van der Waals surface area contributed by atoms with Crippen LogP contribution in [-0.4, -0.2) is 33.0 Å². The number of carbonyl (C=O) groups is 3. The maximum absolute atomic E-state index is 12.2. The Hall–Kier alpha value is -3.26. The Labute approximate surface area is 139 Å². The lowest BCUT2D eigenvalue weighted by Crippen LogP contribution is -2.32. The Balaban J connectivity index is 1.55. The lowest BCUT2D eigenvalue weighted by Gasteiger charge is -2.11. The number of nitrogens with one attached hydrogen (secondary N) is 1. The van der Waals surface area contributed by atoms with E-state index in [4.69, 9.17) is 4.84 Å². The molecule has 0 saturated carbocycles. The standard InChI is InChI=1S/C16H9N3O4S/c20-14-9-4-1-2-5-10(9)15(21)19(14)23-16(22)12-8-11(17-18-12)13-6-3-7-24-13/h1-8H,(H,17,18). The average molecular weight is 339 g/mol. The molecule has 118 valence electrons. The summed E-state index contributed by atoms with van der Waals surface area (Å²) in [5, 5.41) is 8.96. The monoisotopic (exact) mass is 339 g/mol. The third-order valence-corrected chi connectivity index (χ3v) is 4.41. The highest BCUT2D eigenvalue weighted by atomic mass is 32.1. The molecule has 0 saturated heterocycles. The van der Waals surface area contributed by atoms with Crippen molar-refractivity contribution >= 4 is 29.1 Å². The van der Waals surface area contributed by atoms with E-state index in [1.807, 2.05) is 17.5 Å². The minimum absolute atomic E-state index is 0.0186. The van der Waals surface area contributed by atoms with E-state index in [-0.39, 0.29) is 16.8 Å². The maximum Gasteiger partial charge on any atom is 0.384 e. The van der Waals surface area contributed by atoms with Gasteiger partial charge in [-0.1, -0.05) is 23.3 Å². The SMILES string of the molecule is O=C(ON1C(=O)c2ccccc2C1=O)c1cc(-c2cccs2)[nH]n1. The normalized spacial score (nSPS) is 13.2. The lowest BCUT2D eigenvalue weighted by atomic mass is 10.1. The summed E-state index contributed by atoms with van der Waals surface area (Å²) in [4.78, 5) is 42.4. The van der Waals surface area contributed by atoms with Gasteiger partial charge in [0.15, 0.2) is 5.69 Å². The van der Waals surface area contributed by atoms with Crippen molar-refractivity contribution in [2.45, 2.75) is 0 Å². The summed E-state index contributed by atoms with van der Waals surface area (Å²) in [6, 6.07) is 11.5. The van der Waals surface area contributed by atoms with Crippen LogP contribution in [0.5, 0.6) is 0 Å². The van der Waals surface area contributed by atoms with E-state index < -0.39 is 17.8 Å². The number of fused-ring (bicyclic) bond motifs is 1. The Morgan fingerprint density at radius 3 is 2.42 bits per heavy atom. The molecule has 1 aliphatic heterocycles. The highest BCUT2D eigenvalue weighted by Crippen LogP contribution is 2.25. The third-order valence-electron chi connectivity index (χ3n) is 3.50. The van der Waals surface area contributed by atoms with Crippen molar-refractivity contribution in [3.8, 4) is 10.6 Å². The fraction of sp³-hybridized carbons (Fsp3) is 0. The van der Waals surface area contributed by atoms with Gasteiger partial charge in [0, 0.05) is 0 Å². The Morgan fingerprint density at radius 2 is 1.79 bits per heavy atom. The summed E-state index contributed by atoms with van der Waals surface area (Å²) in [5.41, 5.74) is 1.04. The largest absolute Gasteiger partial charge is 0.384 e. The van der Waals surface area contributed by atoms with Gasteiger partial charge in [0.2, 0.25) is 0 Å².